The first-order valence-corrected chi connectivity index (χ1v) is 8.85. The Morgan fingerprint density at radius 2 is 2.09 bits per heavy atom. The molecule has 0 unspecified atom stereocenters. The second kappa shape index (κ2) is 6.26. The monoisotopic (exact) mass is 382 g/mol. The Balaban J connectivity index is 1.66. The highest BCUT2D eigenvalue weighted by Gasteiger charge is 2.49. The molecule has 2 heterocycles. The zero-order valence-corrected chi connectivity index (χ0v) is 15.3. The quantitative estimate of drug-likeness (QED) is 0.866. The van der Waals surface area contributed by atoms with Gasteiger partial charge < -0.3 is 15.0 Å². The van der Waals surface area contributed by atoms with Crippen LogP contribution in [0.25, 0.3) is 0 Å². The highest BCUT2D eigenvalue weighted by Crippen LogP contribution is 2.43. The maximum absolute atomic E-state index is 12.6. The fourth-order valence-corrected chi connectivity index (χ4v) is 3.76. The predicted octanol–water partition coefficient (Wildman–Crippen LogP) is 3.44. The second-order valence-corrected chi connectivity index (χ2v) is 8.20. The third-order valence-electron chi connectivity index (χ3n) is 4.43. The van der Waals surface area contributed by atoms with Gasteiger partial charge in [0.2, 0.25) is 5.95 Å². The third kappa shape index (κ3) is 3.76. The molecule has 3 rings (SSSR count). The van der Waals surface area contributed by atoms with E-state index in [9.17, 15) is 4.79 Å². The molecular weight excluding hydrogens is 360 g/mol. The van der Waals surface area contributed by atoms with Crippen molar-refractivity contribution in [1.82, 2.24) is 14.9 Å². The highest BCUT2D eigenvalue weighted by molar-refractivity contribution is 9.10. The van der Waals surface area contributed by atoms with Crippen LogP contribution in [0.5, 0.6) is 0 Å². The zero-order chi connectivity index (χ0) is 16.6. The first-order chi connectivity index (χ1) is 10.8. The van der Waals surface area contributed by atoms with Crippen molar-refractivity contribution in [3.05, 3.63) is 16.9 Å². The molecule has 1 N–H and O–H groups in total. The van der Waals surface area contributed by atoms with Crippen LogP contribution in [0.3, 0.4) is 0 Å². The standard InChI is InChI=1S/C16H23BrN4O2/c1-16(2,3)23-15(22)21-12-5-4-10(6-12)13(21)9-20-14-18-7-11(17)8-19-14/h7-8,10,12-13H,4-6,9H2,1-3H3,(H,18,19,20)/t10-,12+,13+/m0/s1. The Kier molecular flexibility index (Phi) is 4.49. The van der Waals surface area contributed by atoms with Crippen LogP contribution in [0.2, 0.25) is 0 Å². The first-order valence-electron chi connectivity index (χ1n) is 8.06. The Hall–Kier alpha value is -1.37. The van der Waals surface area contributed by atoms with E-state index in [-0.39, 0.29) is 12.1 Å². The van der Waals surface area contributed by atoms with Gasteiger partial charge in [0.25, 0.3) is 0 Å². The number of nitrogens with one attached hydrogen (secondary N) is 1. The van der Waals surface area contributed by atoms with Gasteiger partial charge in [0.1, 0.15) is 5.60 Å². The van der Waals surface area contributed by atoms with Crippen LogP contribution in [0.15, 0.2) is 16.9 Å². The molecule has 126 valence electrons. The lowest BCUT2D eigenvalue weighted by Crippen LogP contribution is -2.50. The Morgan fingerprint density at radius 3 is 2.74 bits per heavy atom. The van der Waals surface area contributed by atoms with Gasteiger partial charge in [0.15, 0.2) is 0 Å². The summed E-state index contributed by atoms with van der Waals surface area (Å²) >= 11 is 3.32. The Labute approximate surface area is 145 Å². The molecule has 1 saturated heterocycles. The van der Waals surface area contributed by atoms with E-state index in [4.69, 9.17) is 4.74 Å². The molecule has 1 saturated carbocycles. The number of amides is 1. The van der Waals surface area contributed by atoms with Crippen molar-refractivity contribution in [2.45, 2.75) is 57.7 Å². The minimum absolute atomic E-state index is 0.149. The van der Waals surface area contributed by atoms with Crippen molar-refractivity contribution in [2.75, 3.05) is 11.9 Å². The van der Waals surface area contributed by atoms with Crippen molar-refractivity contribution in [1.29, 1.82) is 0 Å². The molecule has 1 aromatic heterocycles. The molecule has 1 aromatic rings. The minimum Gasteiger partial charge on any atom is -0.444 e. The lowest BCUT2D eigenvalue weighted by atomic mass is 9.99. The number of aromatic nitrogens is 2. The second-order valence-electron chi connectivity index (χ2n) is 7.29. The largest absolute Gasteiger partial charge is 0.444 e. The van der Waals surface area contributed by atoms with Gasteiger partial charge in [-0.2, -0.15) is 0 Å². The van der Waals surface area contributed by atoms with Crippen LogP contribution >= 0.6 is 15.9 Å². The molecule has 23 heavy (non-hydrogen) atoms. The SMILES string of the molecule is CC(C)(C)OC(=O)N1[C@@H]2CC[C@@H](C2)[C@H]1CNc1ncc(Br)cn1. The Bertz CT molecular complexity index is 572. The van der Waals surface area contributed by atoms with E-state index >= 15 is 0 Å². The van der Waals surface area contributed by atoms with Crippen LogP contribution in [0.1, 0.15) is 40.0 Å². The molecular formula is C16H23BrN4O2. The van der Waals surface area contributed by atoms with Crippen LogP contribution in [0, 0.1) is 5.92 Å². The summed E-state index contributed by atoms with van der Waals surface area (Å²) in [7, 11) is 0. The van der Waals surface area contributed by atoms with Gasteiger partial charge in [-0.1, -0.05) is 0 Å². The molecule has 0 spiro atoms. The lowest BCUT2D eigenvalue weighted by Gasteiger charge is -2.36. The number of fused-ring (bicyclic) bond motifs is 2. The normalized spacial score (nSPS) is 26.4. The van der Waals surface area contributed by atoms with Crippen molar-refractivity contribution in [3.8, 4) is 0 Å². The summed E-state index contributed by atoms with van der Waals surface area (Å²) in [4.78, 5) is 22.9. The van der Waals surface area contributed by atoms with Gasteiger partial charge >= 0.3 is 6.09 Å². The minimum atomic E-state index is -0.467. The van der Waals surface area contributed by atoms with Gasteiger partial charge in [0.05, 0.1) is 10.5 Å². The molecule has 1 aliphatic heterocycles. The van der Waals surface area contributed by atoms with Crippen LogP contribution < -0.4 is 5.32 Å². The van der Waals surface area contributed by atoms with E-state index in [2.05, 4.69) is 31.2 Å². The fourth-order valence-electron chi connectivity index (χ4n) is 3.56. The highest BCUT2D eigenvalue weighted by atomic mass is 79.9. The molecule has 2 bridgehead atoms. The topological polar surface area (TPSA) is 67.3 Å². The van der Waals surface area contributed by atoms with Gasteiger partial charge in [-0.05, 0) is 61.9 Å². The van der Waals surface area contributed by atoms with Crippen molar-refractivity contribution in [3.63, 3.8) is 0 Å². The third-order valence-corrected chi connectivity index (χ3v) is 4.84. The van der Waals surface area contributed by atoms with Gasteiger partial charge in [0, 0.05) is 25.0 Å². The summed E-state index contributed by atoms with van der Waals surface area (Å²) in [5, 5.41) is 3.25. The average molecular weight is 383 g/mol. The zero-order valence-electron chi connectivity index (χ0n) is 13.8. The molecule has 2 fully saturated rings. The Morgan fingerprint density at radius 1 is 1.39 bits per heavy atom. The summed E-state index contributed by atoms with van der Waals surface area (Å²) < 4.78 is 6.44. The van der Waals surface area contributed by atoms with Crippen molar-refractivity contribution in [2.24, 2.45) is 5.92 Å². The first kappa shape index (κ1) is 16.5. The number of anilines is 1. The van der Waals surface area contributed by atoms with Crippen LogP contribution in [0.4, 0.5) is 10.7 Å². The molecule has 0 radical (unpaired) electrons. The van der Waals surface area contributed by atoms with Crippen LogP contribution in [-0.4, -0.2) is 45.2 Å². The van der Waals surface area contributed by atoms with E-state index < -0.39 is 5.60 Å². The van der Waals surface area contributed by atoms with Crippen molar-refractivity contribution < 1.29 is 9.53 Å². The number of rotatable bonds is 3. The maximum Gasteiger partial charge on any atom is 0.410 e. The predicted molar refractivity (Wildman–Crippen MR) is 91.2 cm³/mol. The number of nitrogens with zero attached hydrogens (tertiary/aromatic N) is 3. The van der Waals surface area contributed by atoms with Gasteiger partial charge in [-0.25, -0.2) is 14.8 Å². The molecule has 2 aliphatic rings. The van der Waals surface area contributed by atoms with E-state index in [0.717, 1.165) is 17.3 Å². The maximum atomic E-state index is 12.6. The summed E-state index contributed by atoms with van der Waals surface area (Å²) in [6, 6.07) is 0.461. The molecule has 3 atom stereocenters. The van der Waals surface area contributed by atoms with E-state index in [1.165, 1.54) is 6.42 Å². The number of ether oxygens (including phenoxy) is 1. The van der Waals surface area contributed by atoms with E-state index in [0.29, 0.717) is 24.5 Å². The molecule has 6 nitrogen and oxygen atoms in total. The van der Waals surface area contributed by atoms with Crippen LogP contribution in [-0.2, 0) is 4.74 Å². The number of carbonyl (C=O) groups is 1. The van der Waals surface area contributed by atoms with Crippen molar-refractivity contribution >= 4 is 28.0 Å². The molecule has 7 heteroatoms. The van der Waals surface area contributed by atoms with E-state index in [1.807, 2.05) is 25.7 Å². The lowest BCUT2D eigenvalue weighted by molar-refractivity contribution is 0.00902. The number of piperidine rings is 1. The number of halogens is 1. The molecule has 1 aliphatic carbocycles. The summed E-state index contributed by atoms with van der Waals surface area (Å²) in [6.07, 6.45) is 6.55. The fraction of sp³-hybridized carbons (Fsp3) is 0.688. The van der Waals surface area contributed by atoms with Gasteiger partial charge in [-0.3, -0.25) is 0 Å². The summed E-state index contributed by atoms with van der Waals surface area (Å²) in [6.45, 7) is 6.37. The average Bonchev–Trinajstić information content (AvgIpc) is 3.05. The smallest absolute Gasteiger partial charge is 0.410 e. The summed E-state index contributed by atoms with van der Waals surface area (Å²) in [5.74, 6) is 1.12. The molecule has 0 aromatic carbocycles. The number of likely N-dealkylation sites (tertiary alicyclic amines) is 1. The number of carbonyl (C=O) groups excluding carboxylic acids is 1. The van der Waals surface area contributed by atoms with E-state index in [1.54, 1.807) is 12.4 Å². The number of hydrogen-bond acceptors (Lipinski definition) is 5. The van der Waals surface area contributed by atoms with Gasteiger partial charge in [-0.15, -0.1) is 0 Å². The number of hydrogen-bond donors (Lipinski definition) is 1. The summed E-state index contributed by atoms with van der Waals surface area (Å²) in [5.41, 5.74) is -0.467. The molecule has 1 amide bonds.